The molecule has 0 bridgehead atoms. The van der Waals surface area contributed by atoms with Crippen LogP contribution in [-0.2, 0) is 6.54 Å². The largest absolute Gasteiger partial charge is 0.392 e. The molecule has 16 heavy (non-hydrogen) atoms. The maximum absolute atomic E-state index is 9.68. The van der Waals surface area contributed by atoms with Crippen LogP contribution >= 0.6 is 11.3 Å². The van der Waals surface area contributed by atoms with Crippen molar-refractivity contribution in [2.45, 2.75) is 46.8 Å². The molecular formula is C12H22N2OS. The molecule has 1 aromatic heterocycles. The van der Waals surface area contributed by atoms with Crippen LogP contribution in [0.2, 0.25) is 0 Å². The SMILES string of the molecule is Cc1nc(CNCC(O)CC(C)C)sc1C. The Hall–Kier alpha value is -0.450. The zero-order valence-electron chi connectivity index (χ0n) is 10.6. The Bertz CT molecular complexity index is 303. The second kappa shape index (κ2) is 6.33. The van der Waals surface area contributed by atoms with Crippen molar-refractivity contribution in [1.29, 1.82) is 0 Å². The molecule has 0 aliphatic rings. The molecule has 3 nitrogen and oxygen atoms in total. The number of aliphatic hydroxyl groups is 1. The van der Waals surface area contributed by atoms with Gasteiger partial charge in [-0.3, -0.25) is 0 Å². The fourth-order valence-electron chi connectivity index (χ4n) is 1.59. The molecule has 0 aliphatic carbocycles. The van der Waals surface area contributed by atoms with Crippen LogP contribution in [-0.4, -0.2) is 22.7 Å². The van der Waals surface area contributed by atoms with Crippen LogP contribution in [0.1, 0.15) is 35.8 Å². The van der Waals surface area contributed by atoms with Crippen LogP contribution in [0.25, 0.3) is 0 Å². The molecule has 1 aromatic rings. The zero-order chi connectivity index (χ0) is 12.1. The van der Waals surface area contributed by atoms with Crippen LogP contribution < -0.4 is 5.32 Å². The lowest BCUT2D eigenvalue weighted by Crippen LogP contribution is -2.27. The standard InChI is InChI=1S/C12H22N2OS/c1-8(2)5-11(15)6-13-7-12-14-9(3)10(4)16-12/h8,11,13,15H,5-7H2,1-4H3. The topological polar surface area (TPSA) is 45.2 Å². The van der Waals surface area contributed by atoms with Gasteiger partial charge in [-0.25, -0.2) is 4.98 Å². The minimum absolute atomic E-state index is 0.248. The van der Waals surface area contributed by atoms with E-state index in [-0.39, 0.29) is 6.10 Å². The van der Waals surface area contributed by atoms with E-state index in [1.807, 2.05) is 6.92 Å². The van der Waals surface area contributed by atoms with Gasteiger partial charge in [0.1, 0.15) is 5.01 Å². The lowest BCUT2D eigenvalue weighted by atomic mass is 10.1. The van der Waals surface area contributed by atoms with E-state index in [0.29, 0.717) is 12.5 Å². The van der Waals surface area contributed by atoms with E-state index < -0.39 is 0 Å². The molecule has 0 aromatic carbocycles. The van der Waals surface area contributed by atoms with Gasteiger partial charge < -0.3 is 10.4 Å². The Morgan fingerprint density at radius 1 is 1.38 bits per heavy atom. The Balaban J connectivity index is 2.25. The normalized spacial score (nSPS) is 13.4. The van der Waals surface area contributed by atoms with Crippen LogP contribution in [0.4, 0.5) is 0 Å². The molecule has 92 valence electrons. The molecule has 0 amide bonds. The highest BCUT2D eigenvalue weighted by Crippen LogP contribution is 2.15. The Kier molecular flexibility index (Phi) is 5.38. The van der Waals surface area contributed by atoms with Crippen molar-refractivity contribution in [3.05, 3.63) is 15.6 Å². The molecule has 1 unspecified atom stereocenters. The Morgan fingerprint density at radius 3 is 2.56 bits per heavy atom. The van der Waals surface area contributed by atoms with E-state index in [1.165, 1.54) is 4.88 Å². The summed E-state index contributed by atoms with van der Waals surface area (Å²) in [7, 11) is 0. The van der Waals surface area contributed by atoms with Crippen LogP contribution in [0.15, 0.2) is 0 Å². The molecule has 0 aliphatic heterocycles. The highest BCUT2D eigenvalue weighted by molar-refractivity contribution is 7.11. The van der Waals surface area contributed by atoms with Gasteiger partial charge in [0, 0.05) is 18.0 Å². The smallest absolute Gasteiger partial charge is 0.107 e. The monoisotopic (exact) mass is 242 g/mol. The second-order valence-electron chi connectivity index (χ2n) is 4.66. The summed E-state index contributed by atoms with van der Waals surface area (Å²) in [5.41, 5.74) is 1.12. The molecule has 1 atom stereocenters. The summed E-state index contributed by atoms with van der Waals surface area (Å²) in [5, 5.41) is 14.0. The summed E-state index contributed by atoms with van der Waals surface area (Å²) in [6.07, 6.45) is 0.602. The molecule has 0 saturated carbocycles. The van der Waals surface area contributed by atoms with E-state index in [9.17, 15) is 5.11 Å². The van der Waals surface area contributed by atoms with Crippen molar-refractivity contribution in [3.63, 3.8) is 0 Å². The summed E-state index contributed by atoms with van der Waals surface area (Å²) >= 11 is 1.72. The van der Waals surface area contributed by atoms with Gasteiger partial charge in [-0.2, -0.15) is 0 Å². The third-order valence-corrected chi connectivity index (χ3v) is 3.55. The average molecular weight is 242 g/mol. The molecular weight excluding hydrogens is 220 g/mol. The maximum Gasteiger partial charge on any atom is 0.107 e. The second-order valence-corrected chi connectivity index (χ2v) is 5.95. The summed E-state index contributed by atoms with van der Waals surface area (Å²) in [5.74, 6) is 0.543. The van der Waals surface area contributed by atoms with Gasteiger partial charge >= 0.3 is 0 Å². The van der Waals surface area contributed by atoms with Crippen LogP contribution in [0, 0.1) is 19.8 Å². The molecule has 4 heteroatoms. The number of aromatic nitrogens is 1. The van der Waals surface area contributed by atoms with Crippen molar-refractivity contribution in [1.82, 2.24) is 10.3 Å². The third kappa shape index (κ3) is 4.60. The van der Waals surface area contributed by atoms with Crippen LogP contribution in [0.3, 0.4) is 0 Å². The number of thiazole rings is 1. The van der Waals surface area contributed by atoms with E-state index in [0.717, 1.165) is 23.7 Å². The lowest BCUT2D eigenvalue weighted by molar-refractivity contribution is 0.146. The summed E-state index contributed by atoms with van der Waals surface area (Å²) in [6.45, 7) is 9.77. The van der Waals surface area contributed by atoms with E-state index in [1.54, 1.807) is 11.3 Å². The average Bonchev–Trinajstić information content (AvgIpc) is 2.44. The summed E-state index contributed by atoms with van der Waals surface area (Å²) in [4.78, 5) is 5.72. The van der Waals surface area contributed by atoms with Crippen molar-refractivity contribution < 1.29 is 5.11 Å². The number of nitrogens with one attached hydrogen (secondary N) is 1. The quantitative estimate of drug-likeness (QED) is 0.804. The third-order valence-electron chi connectivity index (χ3n) is 2.47. The maximum atomic E-state index is 9.68. The molecule has 0 spiro atoms. The van der Waals surface area contributed by atoms with Crippen LogP contribution in [0.5, 0.6) is 0 Å². The fraction of sp³-hybridized carbons (Fsp3) is 0.750. The number of hydrogen-bond acceptors (Lipinski definition) is 4. The summed E-state index contributed by atoms with van der Waals surface area (Å²) in [6, 6.07) is 0. The minimum Gasteiger partial charge on any atom is -0.392 e. The van der Waals surface area contributed by atoms with E-state index in [4.69, 9.17) is 0 Å². The van der Waals surface area contributed by atoms with E-state index >= 15 is 0 Å². The van der Waals surface area contributed by atoms with Crippen molar-refractivity contribution in [2.75, 3.05) is 6.54 Å². The first kappa shape index (κ1) is 13.6. The predicted molar refractivity (Wildman–Crippen MR) is 68.8 cm³/mol. The number of aryl methyl sites for hydroxylation is 2. The van der Waals surface area contributed by atoms with E-state index in [2.05, 4.69) is 31.1 Å². The number of hydrogen-bond donors (Lipinski definition) is 2. The highest BCUT2D eigenvalue weighted by Gasteiger charge is 2.07. The summed E-state index contributed by atoms with van der Waals surface area (Å²) < 4.78 is 0. The molecule has 0 saturated heterocycles. The minimum atomic E-state index is -0.248. The van der Waals surface area contributed by atoms with Crippen molar-refractivity contribution >= 4 is 11.3 Å². The zero-order valence-corrected chi connectivity index (χ0v) is 11.4. The van der Waals surface area contributed by atoms with Gasteiger partial charge in [0.05, 0.1) is 11.8 Å². The van der Waals surface area contributed by atoms with Gasteiger partial charge in [0.2, 0.25) is 0 Å². The van der Waals surface area contributed by atoms with Crippen molar-refractivity contribution in [2.24, 2.45) is 5.92 Å². The van der Waals surface area contributed by atoms with Gasteiger partial charge in [0.25, 0.3) is 0 Å². The van der Waals surface area contributed by atoms with Crippen molar-refractivity contribution in [3.8, 4) is 0 Å². The molecule has 1 heterocycles. The van der Waals surface area contributed by atoms with Gasteiger partial charge in [-0.05, 0) is 26.2 Å². The Labute approximate surface area is 102 Å². The fourth-order valence-corrected chi connectivity index (χ4v) is 2.49. The molecule has 2 N–H and O–H groups in total. The number of rotatable bonds is 6. The molecule has 0 fully saturated rings. The number of aliphatic hydroxyl groups excluding tert-OH is 1. The highest BCUT2D eigenvalue weighted by atomic mass is 32.1. The van der Waals surface area contributed by atoms with Gasteiger partial charge in [-0.1, -0.05) is 13.8 Å². The first-order valence-corrected chi connectivity index (χ1v) is 6.62. The van der Waals surface area contributed by atoms with Gasteiger partial charge in [-0.15, -0.1) is 11.3 Å². The predicted octanol–water partition coefficient (Wildman–Crippen LogP) is 2.26. The molecule has 0 radical (unpaired) electrons. The lowest BCUT2D eigenvalue weighted by Gasteiger charge is -2.13. The number of nitrogens with zero attached hydrogens (tertiary/aromatic N) is 1. The first-order valence-electron chi connectivity index (χ1n) is 5.80. The molecule has 1 rings (SSSR count). The first-order chi connectivity index (χ1) is 7.49. The Morgan fingerprint density at radius 2 is 2.06 bits per heavy atom. The van der Waals surface area contributed by atoms with Gasteiger partial charge in [0.15, 0.2) is 0 Å².